The summed E-state index contributed by atoms with van der Waals surface area (Å²) in [7, 11) is -3.75. The van der Waals surface area contributed by atoms with Gasteiger partial charge in [-0.25, -0.2) is 13.2 Å². The number of rotatable bonds is 5. The number of nitrogens with one attached hydrogen (secondary N) is 2. The van der Waals surface area contributed by atoms with Crippen LogP contribution in [0.5, 0.6) is 0 Å². The van der Waals surface area contributed by atoms with Gasteiger partial charge in [0.2, 0.25) is 0 Å². The molecule has 0 atom stereocenters. The summed E-state index contributed by atoms with van der Waals surface area (Å²) in [4.78, 5) is 13.2. The average Bonchev–Trinajstić information content (AvgIpc) is 2.46. The number of hydrogen-bond donors (Lipinski definition) is 3. The zero-order chi connectivity index (χ0) is 14.6. The summed E-state index contributed by atoms with van der Waals surface area (Å²) in [5, 5.41) is 8.99. The first-order valence-electron chi connectivity index (χ1n) is 5.66. The minimum atomic E-state index is -3.75. The number of benzene rings is 2. The Labute approximate surface area is 116 Å². The average molecular weight is 292 g/mol. The van der Waals surface area contributed by atoms with Crippen molar-refractivity contribution in [1.29, 1.82) is 0 Å². The molecule has 0 saturated heterocycles. The molecule has 3 N–H and O–H groups in total. The zero-order valence-electron chi connectivity index (χ0n) is 10.3. The van der Waals surface area contributed by atoms with Crippen LogP contribution in [0.4, 0.5) is 5.69 Å². The Morgan fingerprint density at radius 2 is 1.55 bits per heavy atom. The molecule has 20 heavy (non-hydrogen) atoms. The summed E-state index contributed by atoms with van der Waals surface area (Å²) >= 11 is 0. The predicted molar refractivity (Wildman–Crippen MR) is 73.8 cm³/mol. The first-order valence-corrected chi connectivity index (χ1v) is 7.14. The van der Waals surface area contributed by atoms with Crippen LogP contribution < -0.4 is 10.3 Å². The molecule has 2 aromatic carbocycles. The molecule has 2 aromatic rings. The van der Waals surface area contributed by atoms with E-state index in [0.29, 0.717) is 0 Å². The number of carboxylic acid groups (broad SMARTS) is 1. The number of aromatic carboxylic acids is 1. The fourth-order valence-electron chi connectivity index (χ4n) is 1.56. The van der Waals surface area contributed by atoms with Crippen molar-refractivity contribution >= 4 is 21.7 Å². The van der Waals surface area contributed by atoms with Crippen molar-refractivity contribution in [3.63, 3.8) is 0 Å². The number of hydrazine groups is 1. The Balaban J connectivity index is 2.19. The Morgan fingerprint density at radius 3 is 2.20 bits per heavy atom. The minimum Gasteiger partial charge on any atom is -0.478 e. The quantitative estimate of drug-likeness (QED) is 0.729. The lowest BCUT2D eigenvalue weighted by atomic mass is 10.2. The molecule has 0 spiro atoms. The maximum atomic E-state index is 12.0. The molecule has 0 aliphatic carbocycles. The van der Waals surface area contributed by atoms with Crippen molar-refractivity contribution in [2.45, 2.75) is 4.90 Å². The highest BCUT2D eigenvalue weighted by Crippen LogP contribution is 2.15. The first kappa shape index (κ1) is 14.0. The largest absolute Gasteiger partial charge is 0.478 e. The molecule has 6 nitrogen and oxygen atoms in total. The van der Waals surface area contributed by atoms with Gasteiger partial charge in [-0.1, -0.05) is 30.3 Å². The molecule has 7 heteroatoms. The van der Waals surface area contributed by atoms with Gasteiger partial charge in [0.25, 0.3) is 10.0 Å². The number of carboxylic acids is 1. The Morgan fingerprint density at radius 1 is 0.950 bits per heavy atom. The summed E-state index contributed by atoms with van der Waals surface area (Å²) in [6.07, 6.45) is 0. The molecule has 0 aromatic heterocycles. The van der Waals surface area contributed by atoms with Gasteiger partial charge < -0.3 is 10.5 Å². The molecule has 0 amide bonds. The van der Waals surface area contributed by atoms with Gasteiger partial charge in [-0.15, -0.1) is 4.83 Å². The van der Waals surface area contributed by atoms with Gasteiger partial charge in [0.1, 0.15) is 0 Å². The number of para-hydroxylation sites is 1. The van der Waals surface area contributed by atoms with Gasteiger partial charge in [0.15, 0.2) is 0 Å². The van der Waals surface area contributed by atoms with Gasteiger partial charge in [0.05, 0.1) is 16.1 Å². The van der Waals surface area contributed by atoms with E-state index in [1.807, 2.05) is 0 Å². The molecule has 0 fully saturated rings. The molecule has 0 unspecified atom stereocenters. The monoisotopic (exact) mass is 292 g/mol. The lowest BCUT2D eigenvalue weighted by Crippen LogP contribution is -2.30. The summed E-state index contributed by atoms with van der Waals surface area (Å²) in [5.74, 6) is -1.15. The van der Waals surface area contributed by atoms with Gasteiger partial charge >= 0.3 is 5.97 Å². The number of sulfonamides is 1. The molecular formula is C13H12N2O4S. The van der Waals surface area contributed by atoms with Crippen LogP contribution in [0.1, 0.15) is 10.4 Å². The van der Waals surface area contributed by atoms with E-state index in [1.54, 1.807) is 30.3 Å². The molecule has 0 saturated carbocycles. The summed E-state index contributed by atoms with van der Waals surface area (Å²) in [5.41, 5.74) is 2.56. The summed E-state index contributed by atoms with van der Waals surface area (Å²) in [6, 6.07) is 13.8. The van der Waals surface area contributed by atoms with Crippen molar-refractivity contribution in [2.75, 3.05) is 5.43 Å². The van der Waals surface area contributed by atoms with Gasteiger partial charge in [-0.3, -0.25) is 0 Å². The van der Waals surface area contributed by atoms with E-state index in [0.717, 1.165) is 0 Å². The SMILES string of the molecule is O=C(O)c1ccccc1NNS(=O)(=O)c1ccccc1. The number of carbonyl (C=O) groups is 1. The van der Waals surface area contributed by atoms with Crippen LogP contribution >= 0.6 is 0 Å². The second-order valence-electron chi connectivity index (χ2n) is 3.89. The second kappa shape index (κ2) is 5.72. The topological polar surface area (TPSA) is 95.5 Å². The highest BCUT2D eigenvalue weighted by molar-refractivity contribution is 7.89. The fourth-order valence-corrected chi connectivity index (χ4v) is 2.44. The highest BCUT2D eigenvalue weighted by atomic mass is 32.2. The third-order valence-electron chi connectivity index (χ3n) is 2.53. The third-order valence-corrected chi connectivity index (χ3v) is 3.79. The Bertz CT molecular complexity index is 714. The van der Waals surface area contributed by atoms with Crippen molar-refractivity contribution in [2.24, 2.45) is 0 Å². The van der Waals surface area contributed by atoms with Crippen LogP contribution in [-0.4, -0.2) is 19.5 Å². The van der Waals surface area contributed by atoms with Crippen molar-refractivity contribution in [1.82, 2.24) is 4.83 Å². The highest BCUT2D eigenvalue weighted by Gasteiger charge is 2.15. The van der Waals surface area contributed by atoms with Gasteiger partial charge in [0, 0.05) is 0 Å². The fraction of sp³-hybridized carbons (Fsp3) is 0. The van der Waals surface area contributed by atoms with Crippen molar-refractivity contribution in [3.8, 4) is 0 Å². The molecule has 0 heterocycles. The summed E-state index contributed by atoms with van der Waals surface area (Å²) in [6.45, 7) is 0. The number of hydrogen-bond acceptors (Lipinski definition) is 4. The second-order valence-corrected chi connectivity index (χ2v) is 5.58. The first-order chi connectivity index (χ1) is 9.50. The Kier molecular flexibility index (Phi) is 4.02. The summed E-state index contributed by atoms with van der Waals surface area (Å²) < 4.78 is 23.9. The Hall–Kier alpha value is -2.38. The minimum absolute atomic E-state index is 0.0248. The third kappa shape index (κ3) is 3.14. The van der Waals surface area contributed by atoms with E-state index in [4.69, 9.17) is 5.11 Å². The zero-order valence-corrected chi connectivity index (χ0v) is 11.1. The maximum absolute atomic E-state index is 12.0. The normalized spacial score (nSPS) is 11.0. The number of anilines is 1. The molecule has 0 bridgehead atoms. The standard InChI is InChI=1S/C13H12N2O4S/c16-13(17)11-8-4-5-9-12(11)14-15-20(18,19)10-6-2-1-3-7-10/h1-9,14-15H,(H,16,17). The lowest BCUT2D eigenvalue weighted by Gasteiger charge is -2.11. The van der Waals surface area contributed by atoms with Crippen LogP contribution in [-0.2, 0) is 10.0 Å². The van der Waals surface area contributed by atoms with Crippen LogP contribution in [0.2, 0.25) is 0 Å². The van der Waals surface area contributed by atoms with E-state index >= 15 is 0 Å². The smallest absolute Gasteiger partial charge is 0.337 e. The molecule has 104 valence electrons. The van der Waals surface area contributed by atoms with Gasteiger partial charge in [-0.2, -0.15) is 0 Å². The van der Waals surface area contributed by atoms with Crippen LogP contribution in [0.25, 0.3) is 0 Å². The molecule has 0 aliphatic heterocycles. The van der Waals surface area contributed by atoms with E-state index in [2.05, 4.69) is 10.3 Å². The van der Waals surface area contributed by atoms with Crippen LogP contribution in [0.15, 0.2) is 59.5 Å². The molecule has 0 radical (unpaired) electrons. The van der Waals surface area contributed by atoms with Crippen molar-refractivity contribution in [3.05, 3.63) is 60.2 Å². The van der Waals surface area contributed by atoms with E-state index in [9.17, 15) is 13.2 Å². The lowest BCUT2D eigenvalue weighted by molar-refractivity contribution is 0.0698. The predicted octanol–water partition coefficient (Wildman–Crippen LogP) is 1.69. The van der Waals surface area contributed by atoms with E-state index < -0.39 is 16.0 Å². The van der Waals surface area contributed by atoms with Crippen molar-refractivity contribution < 1.29 is 18.3 Å². The van der Waals surface area contributed by atoms with Crippen LogP contribution in [0, 0.1) is 0 Å². The molecule has 2 rings (SSSR count). The van der Waals surface area contributed by atoms with Gasteiger partial charge in [-0.05, 0) is 24.3 Å². The molecular weight excluding hydrogens is 280 g/mol. The van der Waals surface area contributed by atoms with E-state index in [1.165, 1.54) is 24.3 Å². The van der Waals surface area contributed by atoms with Crippen LogP contribution in [0.3, 0.4) is 0 Å². The maximum Gasteiger partial charge on any atom is 0.337 e. The van der Waals surface area contributed by atoms with E-state index in [-0.39, 0.29) is 16.1 Å². The molecule has 0 aliphatic rings.